The zero-order valence-electron chi connectivity index (χ0n) is 15.9. The van der Waals surface area contributed by atoms with Gasteiger partial charge in [-0.2, -0.15) is 0 Å². The summed E-state index contributed by atoms with van der Waals surface area (Å²) >= 11 is 0. The predicted octanol–water partition coefficient (Wildman–Crippen LogP) is 2.08. The van der Waals surface area contributed by atoms with E-state index in [-0.39, 0.29) is 30.9 Å². The van der Waals surface area contributed by atoms with Gasteiger partial charge in [0.2, 0.25) is 5.91 Å². The van der Waals surface area contributed by atoms with Crippen molar-refractivity contribution >= 4 is 11.9 Å². The molecule has 2 rings (SSSR count). The van der Waals surface area contributed by atoms with Gasteiger partial charge in [0.25, 0.3) is 0 Å². The number of carbonyl (C=O) groups is 2. The van der Waals surface area contributed by atoms with Crippen LogP contribution in [0.5, 0.6) is 0 Å². The van der Waals surface area contributed by atoms with Gasteiger partial charge < -0.3 is 14.4 Å². The van der Waals surface area contributed by atoms with Gasteiger partial charge in [0.1, 0.15) is 6.61 Å². The van der Waals surface area contributed by atoms with Gasteiger partial charge in [-0.05, 0) is 25.3 Å². The number of methoxy groups -OCH3 is 1. The molecule has 0 N–H and O–H groups in total. The quantitative estimate of drug-likeness (QED) is 0.630. The summed E-state index contributed by atoms with van der Waals surface area (Å²) in [6.45, 7) is 5.40. The van der Waals surface area contributed by atoms with E-state index < -0.39 is 0 Å². The molecule has 0 saturated carbocycles. The van der Waals surface area contributed by atoms with Gasteiger partial charge in [0.15, 0.2) is 0 Å². The van der Waals surface area contributed by atoms with Gasteiger partial charge in [-0.25, -0.2) is 0 Å². The Hall–Kier alpha value is -1.92. The van der Waals surface area contributed by atoms with Crippen molar-refractivity contribution in [2.24, 2.45) is 0 Å². The van der Waals surface area contributed by atoms with Gasteiger partial charge in [-0.1, -0.05) is 30.3 Å². The summed E-state index contributed by atoms with van der Waals surface area (Å²) in [5.74, 6) is -0.317. The van der Waals surface area contributed by atoms with E-state index in [1.165, 1.54) is 12.7 Å². The summed E-state index contributed by atoms with van der Waals surface area (Å²) in [5.41, 5.74) is 1.31. The van der Waals surface area contributed by atoms with Crippen LogP contribution in [0.1, 0.15) is 31.7 Å². The molecule has 1 aliphatic rings. The van der Waals surface area contributed by atoms with E-state index in [2.05, 4.69) is 29.2 Å². The molecule has 6 heteroatoms. The number of piperidine rings is 1. The van der Waals surface area contributed by atoms with E-state index in [4.69, 9.17) is 9.47 Å². The molecule has 1 aromatic rings. The fraction of sp³-hybridized carbons (Fsp3) is 0.600. The second kappa shape index (κ2) is 10.9. The average molecular weight is 362 g/mol. The molecule has 0 radical (unpaired) electrons. The van der Waals surface area contributed by atoms with Gasteiger partial charge in [0, 0.05) is 39.3 Å². The molecule has 6 nitrogen and oxygen atoms in total. The van der Waals surface area contributed by atoms with Crippen molar-refractivity contribution in [3.05, 3.63) is 35.9 Å². The Bertz CT molecular complexity index is 556. The van der Waals surface area contributed by atoms with Crippen molar-refractivity contribution in [1.82, 2.24) is 9.80 Å². The Balaban J connectivity index is 1.88. The highest BCUT2D eigenvalue weighted by Crippen LogP contribution is 2.19. The van der Waals surface area contributed by atoms with Crippen molar-refractivity contribution in [2.75, 3.05) is 40.0 Å². The molecule has 0 bridgehead atoms. The molecule has 1 fully saturated rings. The molecule has 0 aliphatic carbocycles. The average Bonchev–Trinajstić information content (AvgIpc) is 2.64. The summed E-state index contributed by atoms with van der Waals surface area (Å²) < 4.78 is 10.00. The van der Waals surface area contributed by atoms with Crippen LogP contribution in [0.25, 0.3) is 0 Å². The summed E-state index contributed by atoms with van der Waals surface area (Å²) in [7, 11) is 1.52. The van der Waals surface area contributed by atoms with Crippen LogP contribution in [0.15, 0.2) is 30.3 Å². The molecule has 1 aromatic carbocycles. The molecular formula is C20H30N2O4. The molecule has 1 saturated heterocycles. The number of likely N-dealkylation sites (tertiary alicyclic amines) is 1. The van der Waals surface area contributed by atoms with Crippen LogP contribution in [0.3, 0.4) is 0 Å². The summed E-state index contributed by atoms with van der Waals surface area (Å²) in [6.07, 6.45) is 2.05. The van der Waals surface area contributed by atoms with Gasteiger partial charge in [0.05, 0.1) is 13.0 Å². The lowest BCUT2D eigenvalue weighted by atomic mass is 10.0. The maximum absolute atomic E-state index is 12.4. The molecule has 144 valence electrons. The van der Waals surface area contributed by atoms with E-state index in [0.717, 1.165) is 32.5 Å². The Morgan fingerprint density at radius 3 is 2.50 bits per heavy atom. The number of nitrogens with zero attached hydrogens (tertiary/aromatic N) is 2. The second-order valence-corrected chi connectivity index (χ2v) is 6.57. The Kier molecular flexibility index (Phi) is 8.58. The molecule has 1 heterocycles. The predicted molar refractivity (Wildman–Crippen MR) is 99.6 cm³/mol. The zero-order chi connectivity index (χ0) is 18.8. The van der Waals surface area contributed by atoms with Crippen LogP contribution < -0.4 is 0 Å². The van der Waals surface area contributed by atoms with Gasteiger partial charge in [-0.15, -0.1) is 0 Å². The molecule has 26 heavy (non-hydrogen) atoms. The Morgan fingerprint density at radius 2 is 1.88 bits per heavy atom. The fourth-order valence-electron chi connectivity index (χ4n) is 3.39. The number of rotatable bonds is 9. The number of ether oxygens (including phenoxy) is 2. The van der Waals surface area contributed by atoms with Crippen LogP contribution in [-0.4, -0.2) is 67.7 Å². The van der Waals surface area contributed by atoms with Crippen molar-refractivity contribution in [3.63, 3.8) is 0 Å². The Labute approximate surface area is 156 Å². The summed E-state index contributed by atoms with van der Waals surface area (Å²) in [5, 5.41) is 0. The first-order valence-corrected chi connectivity index (χ1v) is 9.34. The van der Waals surface area contributed by atoms with Crippen LogP contribution in [0.4, 0.5) is 0 Å². The normalized spacial score (nSPS) is 15.6. The highest BCUT2D eigenvalue weighted by atomic mass is 16.5. The van der Waals surface area contributed by atoms with Crippen LogP contribution in [0.2, 0.25) is 0 Å². The first kappa shape index (κ1) is 20.4. The fourth-order valence-corrected chi connectivity index (χ4v) is 3.39. The third-order valence-electron chi connectivity index (χ3n) is 4.70. The highest BCUT2D eigenvalue weighted by Gasteiger charge is 2.28. The van der Waals surface area contributed by atoms with E-state index in [1.807, 2.05) is 6.07 Å². The summed E-state index contributed by atoms with van der Waals surface area (Å²) in [6, 6.07) is 10.6. The number of amides is 1. The maximum Gasteiger partial charge on any atom is 0.307 e. The second-order valence-electron chi connectivity index (χ2n) is 6.57. The lowest BCUT2D eigenvalue weighted by molar-refractivity contribution is -0.145. The number of benzene rings is 1. The number of esters is 1. The molecule has 1 aliphatic heterocycles. The first-order valence-electron chi connectivity index (χ1n) is 9.34. The van der Waals surface area contributed by atoms with Crippen molar-refractivity contribution < 1.29 is 19.1 Å². The lowest BCUT2D eigenvalue weighted by Crippen LogP contribution is -2.49. The Morgan fingerprint density at radius 1 is 1.19 bits per heavy atom. The maximum atomic E-state index is 12.4. The molecule has 0 aromatic heterocycles. The van der Waals surface area contributed by atoms with Crippen LogP contribution >= 0.6 is 0 Å². The molecule has 0 atom stereocenters. The first-order chi connectivity index (χ1) is 12.6. The minimum absolute atomic E-state index is 0.0487. The van der Waals surface area contributed by atoms with Gasteiger partial charge in [-0.3, -0.25) is 14.5 Å². The van der Waals surface area contributed by atoms with E-state index >= 15 is 0 Å². The van der Waals surface area contributed by atoms with Crippen LogP contribution in [0, 0.1) is 0 Å². The standard InChI is InChI=1S/C20H30N2O4/c1-3-26-20(24)11-14-22(19(23)16-25-2)18-9-12-21(13-10-18)15-17-7-5-4-6-8-17/h4-8,18H,3,9-16H2,1-2H3. The number of hydrogen-bond acceptors (Lipinski definition) is 5. The molecule has 0 unspecified atom stereocenters. The van der Waals surface area contributed by atoms with E-state index in [9.17, 15) is 9.59 Å². The lowest BCUT2D eigenvalue weighted by Gasteiger charge is -2.38. The number of hydrogen-bond donors (Lipinski definition) is 0. The minimum Gasteiger partial charge on any atom is -0.466 e. The monoisotopic (exact) mass is 362 g/mol. The van der Waals surface area contributed by atoms with Crippen LogP contribution in [-0.2, 0) is 25.6 Å². The highest BCUT2D eigenvalue weighted by molar-refractivity contribution is 5.78. The molecule has 0 spiro atoms. The van der Waals surface area contributed by atoms with Gasteiger partial charge >= 0.3 is 5.97 Å². The minimum atomic E-state index is -0.260. The number of carbonyl (C=O) groups excluding carboxylic acids is 2. The SMILES string of the molecule is CCOC(=O)CCN(C(=O)COC)C1CCN(Cc2ccccc2)CC1. The van der Waals surface area contributed by atoms with Crippen molar-refractivity contribution in [1.29, 1.82) is 0 Å². The smallest absolute Gasteiger partial charge is 0.307 e. The largest absolute Gasteiger partial charge is 0.466 e. The molecular weight excluding hydrogens is 332 g/mol. The third-order valence-corrected chi connectivity index (χ3v) is 4.70. The zero-order valence-corrected chi connectivity index (χ0v) is 15.9. The molecule has 1 amide bonds. The topological polar surface area (TPSA) is 59.1 Å². The van der Waals surface area contributed by atoms with Crippen molar-refractivity contribution in [3.8, 4) is 0 Å². The van der Waals surface area contributed by atoms with Crippen molar-refractivity contribution in [2.45, 2.75) is 38.8 Å². The summed E-state index contributed by atoms with van der Waals surface area (Å²) in [4.78, 5) is 28.3. The van der Waals surface area contributed by atoms with E-state index in [1.54, 1.807) is 11.8 Å². The van der Waals surface area contributed by atoms with E-state index in [0.29, 0.717) is 13.2 Å². The third kappa shape index (κ3) is 6.42.